The van der Waals surface area contributed by atoms with Gasteiger partial charge < -0.3 is 10.2 Å². The molecule has 0 spiro atoms. The van der Waals surface area contributed by atoms with E-state index in [2.05, 4.69) is 39.6 Å². The average molecular weight is 284 g/mol. The highest BCUT2D eigenvalue weighted by atomic mass is 16.1. The lowest BCUT2D eigenvalue weighted by Gasteiger charge is -2.18. The van der Waals surface area contributed by atoms with Crippen LogP contribution in [0.25, 0.3) is 0 Å². The van der Waals surface area contributed by atoms with E-state index < -0.39 is 0 Å². The number of amides is 1. The third-order valence-electron chi connectivity index (χ3n) is 3.93. The Morgan fingerprint density at radius 3 is 2.90 bits per heavy atom. The number of benzene rings is 1. The zero-order valence-electron chi connectivity index (χ0n) is 12.2. The normalized spacial score (nSPS) is 18.0. The first-order chi connectivity index (χ1) is 10.2. The highest BCUT2D eigenvalue weighted by Gasteiger charge is 2.23. The minimum absolute atomic E-state index is 0.0405. The van der Waals surface area contributed by atoms with E-state index in [1.807, 2.05) is 13.1 Å². The van der Waals surface area contributed by atoms with E-state index in [9.17, 15) is 4.79 Å². The highest BCUT2D eigenvalue weighted by Crippen LogP contribution is 2.22. The van der Waals surface area contributed by atoms with E-state index in [4.69, 9.17) is 0 Å². The lowest BCUT2D eigenvalue weighted by Crippen LogP contribution is -2.30. The number of aryl methyl sites for hydroxylation is 1. The van der Waals surface area contributed by atoms with Crippen LogP contribution < -0.4 is 10.2 Å². The number of hydrogen-bond acceptors (Lipinski definition) is 3. The van der Waals surface area contributed by atoms with Crippen molar-refractivity contribution in [1.82, 2.24) is 15.1 Å². The van der Waals surface area contributed by atoms with Gasteiger partial charge in [-0.3, -0.25) is 9.48 Å². The van der Waals surface area contributed by atoms with E-state index in [0.29, 0.717) is 11.5 Å². The molecule has 1 atom stereocenters. The molecule has 3 rings (SSSR count). The summed E-state index contributed by atoms with van der Waals surface area (Å²) in [5, 5.41) is 7.02. The van der Waals surface area contributed by atoms with Crippen molar-refractivity contribution in [2.45, 2.75) is 6.42 Å². The minimum atomic E-state index is -0.0405. The van der Waals surface area contributed by atoms with Crippen LogP contribution in [0.15, 0.2) is 42.7 Å². The zero-order chi connectivity index (χ0) is 14.7. The molecule has 1 aromatic carbocycles. The van der Waals surface area contributed by atoms with Crippen molar-refractivity contribution in [2.24, 2.45) is 13.0 Å². The zero-order valence-corrected chi connectivity index (χ0v) is 12.2. The third kappa shape index (κ3) is 3.24. The van der Waals surface area contributed by atoms with Gasteiger partial charge in [0.25, 0.3) is 5.91 Å². The summed E-state index contributed by atoms with van der Waals surface area (Å²) in [6.07, 6.45) is 4.45. The van der Waals surface area contributed by atoms with E-state index in [0.717, 1.165) is 26.1 Å². The maximum Gasteiger partial charge on any atom is 0.254 e. The van der Waals surface area contributed by atoms with Crippen LogP contribution in [0, 0.1) is 5.92 Å². The summed E-state index contributed by atoms with van der Waals surface area (Å²) >= 11 is 0. The summed E-state index contributed by atoms with van der Waals surface area (Å²) in [7, 11) is 1.81. The first-order valence-corrected chi connectivity index (χ1v) is 7.29. The van der Waals surface area contributed by atoms with Gasteiger partial charge in [-0.2, -0.15) is 5.10 Å². The highest BCUT2D eigenvalue weighted by molar-refractivity contribution is 5.93. The molecular formula is C16H20N4O. The van der Waals surface area contributed by atoms with Crippen LogP contribution in [0.2, 0.25) is 0 Å². The van der Waals surface area contributed by atoms with Crippen molar-refractivity contribution >= 4 is 11.6 Å². The number of nitrogens with zero attached hydrogens (tertiary/aromatic N) is 3. The number of para-hydroxylation sites is 1. The molecule has 110 valence electrons. The van der Waals surface area contributed by atoms with Crippen molar-refractivity contribution in [3.63, 3.8) is 0 Å². The fraction of sp³-hybridized carbons (Fsp3) is 0.375. The van der Waals surface area contributed by atoms with Crippen LogP contribution in [0.5, 0.6) is 0 Å². The van der Waals surface area contributed by atoms with E-state index in [1.54, 1.807) is 17.1 Å². The summed E-state index contributed by atoms with van der Waals surface area (Å²) in [4.78, 5) is 14.4. The maximum atomic E-state index is 12.0. The van der Waals surface area contributed by atoms with Gasteiger partial charge in [0.1, 0.15) is 0 Å². The fourth-order valence-electron chi connectivity index (χ4n) is 2.75. The van der Waals surface area contributed by atoms with Gasteiger partial charge in [0.15, 0.2) is 0 Å². The lowest BCUT2D eigenvalue weighted by molar-refractivity contribution is 0.0948. The predicted octanol–water partition coefficient (Wildman–Crippen LogP) is 1.68. The number of carbonyl (C=O) groups excluding carboxylic acids is 1. The molecule has 1 N–H and O–H groups in total. The molecular weight excluding hydrogens is 264 g/mol. The van der Waals surface area contributed by atoms with Gasteiger partial charge in [-0.1, -0.05) is 18.2 Å². The van der Waals surface area contributed by atoms with Crippen molar-refractivity contribution in [3.8, 4) is 0 Å². The molecule has 0 bridgehead atoms. The molecule has 0 aliphatic carbocycles. The Morgan fingerprint density at radius 1 is 1.38 bits per heavy atom. The summed E-state index contributed by atoms with van der Waals surface area (Å²) in [5.41, 5.74) is 1.88. The van der Waals surface area contributed by atoms with E-state index in [-0.39, 0.29) is 5.91 Å². The minimum Gasteiger partial charge on any atom is -0.371 e. The molecule has 0 radical (unpaired) electrons. The quantitative estimate of drug-likeness (QED) is 0.929. The lowest BCUT2D eigenvalue weighted by atomic mass is 10.1. The largest absolute Gasteiger partial charge is 0.371 e. The second-order valence-corrected chi connectivity index (χ2v) is 5.55. The predicted molar refractivity (Wildman–Crippen MR) is 82.3 cm³/mol. The fourth-order valence-corrected chi connectivity index (χ4v) is 2.75. The molecule has 2 heterocycles. The van der Waals surface area contributed by atoms with Gasteiger partial charge in [-0.15, -0.1) is 0 Å². The maximum absolute atomic E-state index is 12.0. The molecule has 1 aliphatic heterocycles. The number of hydrogen-bond donors (Lipinski definition) is 1. The van der Waals surface area contributed by atoms with Crippen LogP contribution in [-0.4, -0.2) is 35.3 Å². The van der Waals surface area contributed by atoms with Crippen LogP contribution in [-0.2, 0) is 7.05 Å². The van der Waals surface area contributed by atoms with Crippen LogP contribution >= 0.6 is 0 Å². The van der Waals surface area contributed by atoms with Crippen molar-refractivity contribution < 1.29 is 4.79 Å². The Kier molecular flexibility index (Phi) is 3.90. The smallest absolute Gasteiger partial charge is 0.254 e. The molecule has 5 nitrogen and oxygen atoms in total. The molecule has 1 saturated heterocycles. The first-order valence-electron chi connectivity index (χ1n) is 7.29. The number of anilines is 1. The van der Waals surface area contributed by atoms with E-state index in [1.165, 1.54) is 5.69 Å². The SMILES string of the molecule is Cn1cc(C(=O)NC[C@@H]2CCN(c3ccccc3)C2)cn1. The van der Waals surface area contributed by atoms with Gasteiger partial charge in [0.05, 0.1) is 11.8 Å². The first kappa shape index (κ1) is 13.7. The summed E-state index contributed by atoms with van der Waals surface area (Å²) < 4.78 is 1.64. The average Bonchev–Trinajstić information content (AvgIpc) is 3.15. The Bertz CT molecular complexity index is 608. The Labute approximate surface area is 124 Å². The van der Waals surface area contributed by atoms with Crippen LogP contribution in [0.4, 0.5) is 5.69 Å². The number of aromatic nitrogens is 2. The van der Waals surface area contributed by atoms with Crippen LogP contribution in [0.1, 0.15) is 16.8 Å². The molecule has 5 heteroatoms. The summed E-state index contributed by atoms with van der Waals surface area (Å²) in [5.74, 6) is 0.465. The molecule has 0 unspecified atom stereocenters. The van der Waals surface area contributed by atoms with E-state index >= 15 is 0 Å². The van der Waals surface area contributed by atoms with Crippen LogP contribution in [0.3, 0.4) is 0 Å². The molecule has 1 aliphatic rings. The molecule has 21 heavy (non-hydrogen) atoms. The Hall–Kier alpha value is -2.30. The van der Waals surface area contributed by atoms with Gasteiger partial charge in [0.2, 0.25) is 0 Å². The van der Waals surface area contributed by atoms with Gasteiger partial charge in [0, 0.05) is 38.6 Å². The second-order valence-electron chi connectivity index (χ2n) is 5.55. The molecule has 1 fully saturated rings. The number of carbonyl (C=O) groups is 1. The van der Waals surface area contributed by atoms with Gasteiger partial charge in [-0.05, 0) is 24.5 Å². The Balaban J connectivity index is 1.50. The summed E-state index contributed by atoms with van der Waals surface area (Å²) in [6, 6.07) is 10.4. The Morgan fingerprint density at radius 2 is 2.19 bits per heavy atom. The monoisotopic (exact) mass is 284 g/mol. The second kappa shape index (κ2) is 5.99. The van der Waals surface area contributed by atoms with Crippen molar-refractivity contribution in [1.29, 1.82) is 0 Å². The number of rotatable bonds is 4. The standard InChI is InChI=1S/C16H20N4O/c1-19-12-14(10-18-19)16(21)17-9-13-7-8-20(11-13)15-5-3-2-4-6-15/h2-6,10,12-13H,7-9,11H2,1H3,(H,17,21)/t13-/m0/s1. The molecule has 1 aromatic heterocycles. The van der Waals surface area contributed by atoms with Gasteiger partial charge >= 0.3 is 0 Å². The molecule has 2 aromatic rings. The van der Waals surface area contributed by atoms with Crippen molar-refractivity contribution in [2.75, 3.05) is 24.5 Å². The summed E-state index contributed by atoms with van der Waals surface area (Å²) in [6.45, 7) is 2.77. The molecule has 1 amide bonds. The van der Waals surface area contributed by atoms with Crippen molar-refractivity contribution in [3.05, 3.63) is 48.3 Å². The molecule has 0 saturated carbocycles. The number of nitrogens with one attached hydrogen (secondary N) is 1. The van der Waals surface area contributed by atoms with Gasteiger partial charge in [-0.25, -0.2) is 0 Å². The third-order valence-corrected chi connectivity index (χ3v) is 3.93. The topological polar surface area (TPSA) is 50.2 Å².